The van der Waals surface area contributed by atoms with Gasteiger partial charge in [-0.2, -0.15) is 0 Å². The van der Waals surface area contributed by atoms with Gasteiger partial charge in [-0.15, -0.1) is 0 Å². The van der Waals surface area contributed by atoms with E-state index in [9.17, 15) is 4.79 Å². The zero-order chi connectivity index (χ0) is 10.8. The fraction of sp³-hybridized carbons (Fsp3) is 0.909. The van der Waals surface area contributed by atoms with Gasteiger partial charge >= 0.3 is 6.03 Å². The SMILES string of the molecule is CN(C)C(=O)N1CCCC1C1CCCN1. The Balaban J connectivity index is 2.01. The third-order valence-electron chi connectivity index (χ3n) is 3.49. The van der Waals surface area contributed by atoms with Gasteiger partial charge in [0, 0.05) is 32.7 Å². The number of urea groups is 1. The number of carbonyl (C=O) groups excluding carboxylic acids is 1. The van der Waals surface area contributed by atoms with Gasteiger partial charge in [0.1, 0.15) is 0 Å². The van der Waals surface area contributed by atoms with Gasteiger partial charge in [0.15, 0.2) is 0 Å². The minimum Gasteiger partial charge on any atom is -0.331 e. The van der Waals surface area contributed by atoms with E-state index in [1.54, 1.807) is 4.90 Å². The molecular formula is C11H21N3O. The molecule has 15 heavy (non-hydrogen) atoms. The number of carbonyl (C=O) groups is 1. The van der Waals surface area contributed by atoms with Crippen LogP contribution in [0.5, 0.6) is 0 Å². The van der Waals surface area contributed by atoms with Crippen molar-refractivity contribution >= 4 is 6.03 Å². The van der Waals surface area contributed by atoms with E-state index in [2.05, 4.69) is 5.32 Å². The van der Waals surface area contributed by atoms with Crippen LogP contribution in [0.25, 0.3) is 0 Å². The van der Waals surface area contributed by atoms with Crippen molar-refractivity contribution in [1.29, 1.82) is 0 Å². The highest BCUT2D eigenvalue weighted by atomic mass is 16.2. The van der Waals surface area contributed by atoms with E-state index < -0.39 is 0 Å². The van der Waals surface area contributed by atoms with Gasteiger partial charge in [-0.3, -0.25) is 0 Å². The van der Waals surface area contributed by atoms with E-state index in [1.807, 2.05) is 19.0 Å². The molecule has 0 aliphatic carbocycles. The third kappa shape index (κ3) is 2.09. The monoisotopic (exact) mass is 211 g/mol. The average Bonchev–Trinajstić information content (AvgIpc) is 2.86. The predicted molar refractivity (Wildman–Crippen MR) is 59.8 cm³/mol. The predicted octanol–water partition coefficient (Wildman–Crippen LogP) is 0.884. The summed E-state index contributed by atoms with van der Waals surface area (Å²) in [6.45, 7) is 2.05. The molecule has 2 saturated heterocycles. The second-order valence-electron chi connectivity index (χ2n) is 4.78. The molecule has 0 aromatic rings. The smallest absolute Gasteiger partial charge is 0.319 e. The van der Waals surface area contributed by atoms with E-state index >= 15 is 0 Å². The quantitative estimate of drug-likeness (QED) is 0.699. The Bertz CT molecular complexity index is 236. The van der Waals surface area contributed by atoms with Crippen LogP contribution in [-0.2, 0) is 0 Å². The highest BCUT2D eigenvalue weighted by Crippen LogP contribution is 2.25. The van der Waals surface area contributed by atoms with Gasteiger partial charge in [0.2, 0.25) is 0 Å². The van der Waals surface area contributed by atoms with Gasteiger partial charge in [0.25, 0.3) is 0 Å². The summed E-state index contributed by atoms with van der Waals surface area (Å²) in [5, 5.41) is 3.51. The number of hydrogen-bond acceptors (Lipinski definition) is 2. The highest BCUT2D eigenvalue weighted by molar-refractivity contribution is 5.74. The molecule has 2 heterocycles. The molecule has 2 unspecified atom stereocenters. The van der Waals surface area contributed by atoms with Gasteiger partial charge in [-0.1, -0.05) is 0 Å². The van der Waals surface area contributed by atoms with Crippen LogP contribution in [0.1, 0.15) is 25.7 Å². The normalized spacial score (nSPS) is 30.9. The number of rotatable bonds is 1. The molecule has 4 nitrogen and oxygen atoms in total. The zero-order valence-corrected chi connectivity index (χ0v) is 9.70. The minimum absolute atomic E-state index is 0.172. The summed E-state index contributed by atoms with van der Waals surface area (Å²) in [5.74, 6) is 0. The van der Waals surface area contributed by atoms with Crippen molar-refractivity contribution in [2.24, 2.45) is 0 Å². The summed E-state index contributed by atoms with van der Waals surface area (Å²) >= 11 is 0. The number of hydrogen-bond donors (Lipinski definition) is 1. The summed E-state index contributed by atoms with van der Waals surface area (Å²) in [4.78, 5) is 15.7. The summed E-state index contributed by atoms with van der Waals surface area (Å²) in [6.07, 6.45) is 4.80. The number of nitrogens with one attached hydrogen (secondary N) is 1. The third-order valence-corrected chi connectivity index (χ3v) is 3.49. The lowest BCUT2D eigenvalue weighted by molar-refractivity contribution is 0.156. The van der Waals surface area contributed by atoms with Crippen molar-refractivity contribution in [3.63, 3.8) is 0 Å². The highest BCUT2D eigenvalue weighted by Gasteiger charge is 2.36. The zero-order valence-electron chi connectivity index (χ0n) is 9.70. The number of amides is 2. The number of likely N-dealkylation sites (tertiary alicyclic amines) is 1. The van der Waals surface area contributed by atoms with E-state index in [4.69, 9.17) is 0 Å². The van der Waals surface area contributed by atoms with Gasteiger partial charge in [0.05, 0.1) is 0 Å². The molecule has 0 bridgehead atoms. The van der Waals surface area contributed by atoms with Crippen molar-refractivity contribution in [2.75, 3.05) is 27.2 Å². The largest absolute Gasteiger partial charge is 0.331 e. The molecule has 1 N–H and O–H groups in total. The van der Waals surface area contributed by atoms with E-state index in [0.717, 1.165) is 25.9 Å². The Morgan fingerprint density at radius 2 is 2.13 bits per heavy atom. The number of nitrogens with zero attached hydrogens (tertiary/aromatic N) is 2. The van der Waals surface area contributed by atoms with Gasteiger partial charge in [-0.25, -0.2) is 4.79 Å². The second-order valence-corrected chi connectivity index (χ2v) is 4.78. The van der Waals surface area contributed by atoms with Crippen LogP contribution >= 0.6 is 0 Å². The molecule has 2 atom stereocenters. The first-order valence-electron chi connectivity index (χ1n) is 5.91. The second kappa shape index (κ2) is 4.39. The molecule has 2 aliphatic rings. The first-order chi connectivity index (χ1) is 7.20. The van der Waals surface area contributed by atoms with E-state index in [0.29, 0.717) is 12.1 Å². The van der Waals surface area contributed by atoms with Crippen LogP contribution in [-0.4, -0.2) is 55.1 Å². The van der Waals surface area contributed by atoms with E-state index in [1.165, 1.54) is 12.8 Å². The Morgan fingerprint density at radius 1 is 1.33 bits per heavy atom. The molecule has 86 valence electrons. The molecule has 2 rings (SSSR count). The van der Waals surface area contributed by atoms with Crippen LogP contribution in [0.2, 0.25) is 0 Å². The molecule has 2 aliphatic heterocycles. The van der Waals surface area contributed by atoms with Crippen molar-refractivity contribution in [3.05, 3.63) is 0 Å². The fourth-order valence-electron chi connectivity index (χ4n) is 2.75. The lowest BCUT2D eigenvalue weighted by Gasteiger charge is -2.31. The molecular weight excluding hydrogens is 190 g/mol. The molecule has 2 fully saturated rings. The standard InChI is InChI=1S/C11H21N3O/c1-13(2)11(15)14-8-4-6-10(14)9-5-3-7-12-9/h9-10,12H,3-8H2,1-2H3. The lowest BCUT2D eigenvalue weighted by Crippen LogP contribution is -2.49. The maximum Gasteiger partial charge on any atom is 0.319 e. The first kappa shape index (κ1) is 10.7. The van der Waals surface area contributed by atoms with Crippen LogP contribution in [0, 0.1) is 0 Å². The first-order valence-corrected chi connectivity index (χ1v) is 5.91. The molecule has 0 aromatic heterocycles. The summed E-state index contributed by atoms with van der Waals surface area (Å²) < 4.78 is 0. The fourth-order valence-corrected chi connectivity index (χ4v) is 2.75. The van der Waals surface area contributed by atoms with Gasteiger partial charge in [-0.05, 0) is 32.2 Å². The molecule has 4 heteroatoms. The summed E-state index contributed by atoms with van der Waals surface area (Å²) in [7, 11) is 3.67. The average molecular weight is 211 g/mol. The molecule has 0 spiro atoms. The van der Waals surface area contributed by atoms with Crippen LogP contribution in [0.3, 0.4) is 0 Å². The Kier molecular flexibility index (Phi) is 3.14. The van der Waals surface area contributed by atoms with Gasteiger partial charge < -0.3 is 15.1 Å². The van der Waals surface area contributed by atoms with Crippen molar-refractivity contribution in [1.82, 2.24) is 15.1 Å². The summed E-state index contributed by atoms with van der Waals surface area (Å²) in [6, 6.07) is 1.14. The maximum atomic E-state index is 11.9. The van der Waals surface area contributed by atoms with Crippen molar-refractivity contribution < 1.29 is 4.79 Å². The lowest BCUT2D eigenvalue weighted by atomic mass is 10.0. The molecule has 0 aromatic carbocycles. The van der Waals surface area contributed by atoms with Crippen LogP contribution < -0.4 is 5.32 Å². The molecule has 2 amide bonds. The minimum atomic E-state index is 0.172. The Labute approximate surface area is 91.6 Å². The van der Waals surface area contributed by atoms with Crippen molar-refractivity contribution in [3.8, 4) is 0 Å². The van der Waals surface area contributed by atoms with E-state index in [-0.39, 0.29) is 6.03 Å². The topological polar surface area (TPSA) is 35.6 Å². The summed E-state index contributed by atoms with van der Waals surface area (Å²) in [5.41, 5.74) is 0. The van der Waals surface area contributed by atoms with Crippen molar-refractivity contribution in [2.45, 2.75) is 37.8 Å². The van der Waals surface area contributed by atoms with Crippen LogP contribution in [0.15, 0.2) is 0 Å². The van der Waals surface area contributed by atoms with Crippen LogP contribution in [0.4, 0.5) is 4.79 Å². The molecule has 0 radical (unpaired) electrons. The Morgan fingerprint density at radius 3 is 2.73 bits per heavy atom. The Hall–Kier alpha value is -0.770. The maximum absolute atomic E-state index is 11.9. The molecule has 0 saturated carbocycles.